The predicted molar refractivity (Wildman–Crippen MR) is 84.2 cm³/mol. The molecule has 0 saturated carbocycles. The molecule has 1 saturated heterocycles. The lowest BCUT2D eigenvalue weighted by Crippen LogP contribution is -2.55. The van der Waals surface area contributed by atoms with Crippen LogP contribution in [-0.4, -0.2) is 37.9 Å². The van der Waals surface area contributed by atoms with Crippen molar-refractivity contribution in [2.75, 3.05) is 13.1 Å². The highest BCUT2D eigenvalue weighted by Gasteiger charge is 2.32. The largest absolute Gasteiger partial charge is 0.309 e. The Hall–Kier alpha value is -0.840. The first-order valence-electron chi connectivity index (χ1n) is 6.30. The molecule has 8 heteroatoms. The van der Waals surface area contributed by atoms with E-state index in [0.29, 0.717) is 18.7 Å². The average Bonchev–Trinajstić information content (AvgIpc) is 2.37. The molecule has 0 bridgehead atoms. The number of benzene rings is 1. The van der Waals surface area contributed by atoms with Gasteiger partial charge in [-0.2, -0.15) is 9.57 Å². The van der Waals surface area contributed by atoms with Crippen LogP contribution in [0.3, 0.4) is 0 Å². The molecule has 5 nitrogen and oxygen atoms in total. The van der Waals surface area contributed by atoms with E-state index in [2.05, 4.69) is 5.32 Å². The smallest absolute Gasteiger partial charge is 0.244 e. The summed E-state index contributed by atoms with van der Waals surface area (Å²) in [6.07, 6.45) is 0. The molecule has 1 N–H and O–H groups in total. The van der Waals surface area contributed by atoms with Crippen molar-refractivity contribution in [3.8, 4) is 6.07 Å². The standard InChI is InChI=1S/C13H16ClN3O2S.ClH/c1-9-7-17(8-10(2)16-9)20(18,19)13-4-3-11(6-15)5-12(13)14;/h3-5,9-10,16H,7-8H2,1-2H3;1H. The fourth-order valence-corrected chi connectivity index (χ4v) is 4.53. The molecule has 1 aliphatic heterocycles. The van der Waals surface area contributed by atoms with Crippen LogP contribution in [0.4, 0.5) is 0 Å². The lowest BCUT2D eigenvalue weighted by Gasteiger charge is -2.35. The van der Waals surface area contributed by atoms with E-state index in [1.807, 2.05) is 19.9 Å². The second kappa shape index (κ2) is 6.95. The van der Waals surface area contributed by atoms with Gasteiger partial charge in [0, 0.05) is 25.2 Å². The molecule has 1 heterocycles. The van der Waals surface area contributed by atoms with E-state index in [-0.39, 0.29) is 34.4 Å². The Bertz CT molecular complexity index is 648. The summed E-state index contributed by atoms with van der Waals surface area (Å²) >= 11 is 6.01. The van der Waals surface area contributed by atoms with Gasteiger partial charge >= 0.3 is 0 Å². The molecular weight excluding hydrogens is 333 g/mol. The van der Waals surface area contributed by atoms with Crippen molar-refractivity contribution in [1.29, 1.82) is 5.26 Å². The van der Waals surface area contributed by atoms with Gasteiger partial charge in [-0.25, -0.2) is 8.42 Å². The van der Waals surface area contributed by atoms with Crippen LogP contribution in [0, 0.1) is 11.3 Å². The second-order valence-corrected chi connectivity index (χ2v) is 7.36. The Labute approximate surface area is 136 Å². The molecule has 0 aliphatic carbocycles. The molecule has 2 unspecified atom stereocenters. The number of nitrogens with one attached hydrogen (secondary N) is 1. The summed E-state index contributed by atoms with van der Waals surface area (Å²) < 4.78 is 26.7. The van der Waals surface area contributed by atoms with E-state index in [4.69, 9.17) is 16.9 Å². The maximum Gasteiger partial charge on any atom is 0.244 e. The molecule has 1 fully saturated rings. The first-order chi connectivity index (χ1) is 9.34. The van der Waals surface area contributed by atoms with Crippen LogP contribution in [0.15, 0.2) is 23.1 Å². The highest BCUT2D eigenvalue weighted by Crippen LogP contribution is 2.26. The summed E-state index contributed by atoms with van der Waals surface area (Å²) in [6, 6.07) is 6.36. The molecule has 0 amide bonds. The molecule has 0 spiro atoms. The number of nitriles is 1. The second-order valence-electron chi connectivity index (χ2n) is 5.05. The van der Waals surface area contributed by atoms with Crippen molar-refractivity contribution in [1.82, 2.24) is 9.62 Å². The van der Waals surface area contributed by atoms with E-state index in [9.17, 15) is 8.42 Å². The van der Waals surface area contributed by atoms with Crippen LogP contribution in [0.1, 0.15) is 19.4 Å². The van der Waals surface area contributed by atoms with E-state index in [1.54, 1.807) is 0 Å². The lowest BCUT2D eigenvalue weighted by atomic mass is 10.2. The van der Waals surface area contributed by atoms with E-state index in [1.165, 1.54) is 22.5 Å². The van der Waals surface area contributed by atoms with Crippen molar-refractivity contribution < 1.29 is 8.42 Å². The predicted octanol–water partition coefficient (Wildman–Crippen LogP) is 2.00. The molecule has 1 aliphatic rings. The van der Waals surface area contributed by atoms with E-state index >= 15 is 0 Å². The fraction of sp³-hybridized carbons (Fsp3) is 0.462. The van der Waals surface area contributed by atoms with Crippen molar-refractivity contribution in [3.05, 3.63) is 28.8 Å². The number of nitrogens with zero attached hydrogens (tertiary/aromatic N) is 2. The van der Waals surface area contributed by atoms with Crippen LogP contribution < -0.4 is 5.32 Å². The third kappa shape index (κ3) is 3.87. The summed E-state index contributed by atoms with van der Waals surface area (Å²) in [4.78, 5) is 0.0551. The Morgan fingerprint density at radius 3 is 2.38 bits per heavy atom. The van der Waals surface area contributed by atoms with Crippen molar-refractivity contribution >= 4 is 34.0 Å². The summed E-state index contributed by atoms with van der Waals surface area (Å²) in [7, 11) is -3.63. The number of sulfonamides is 1. The lowest BCUT2D eigenvalue weighted by molar-refractivity contribution is 0.263. The maximum atomic E-state index is 12.6. The minimum absolute atomic E-state index is 0. The molecule has 2 atom stereocenters. The van der Waals surface area contributed by atoms with Gasteiger partial charge in [-0.1, -0.05) is 11.6 Å². The molecule has 21 heavy (non-hydrogen) atoms. The maximum absolute atomic E-state index is 12.6. The van der Waals surface area contributed by atoms with Gasteiger partial charge in [-0.05, 0) is 32.0 Å². The molecule has 2 rings (SSSR count). The number of hydrogen-bond acceptors (Lipinski definition) is 4. The Kier molecular flexibility index (Phi) is 6.02. The first-order valence-corrected chi connectivity index (χ1v) is 8.12. The van der Waals surface area contributed by atoms with Gasteiger partial charge in [0.25, 0.3) is 0 Å². The Balaban J connectivity index is 0.00000220. The third-order valence-corrected chi connectivity index (χ3v) is 5.52. The van der Waals surface area contributed by atoms with Gasteiger partial charge < -0.3 is 5.32 Å². The minimum Gasteiger partial charge on any atom is -0.309 e. The van der Waals surface area contributed by atoms with Crippen LogP contribution in [0.5, 0.6) is 0 Å². The van der Waals surface area contributed by atoms with Gasteiger partial charge in [0.05, 0.1) is 16.7 Å². The number of piperazine rings is 1. The normalized spacial score (nSPS) is 23.1. The number of rotatable bonds is 2. The van der Waals surface area contributed by atoms with Gasteiger partial charge in [0.15, 0.2) is 0 Å². The topological polar surface area (TPSA) is 73.2 Å². The molecule has 0 radical (unpaired) electrons. The van der Waals surface area contributed by atoms with Crippen molar-refractivity contribution in [2.24, 2.45) is 0 Å². The van der Waals surface area contributed by atoms with Gasteiger partial charge in [0.2, 0.25) is 10.0 Å². The molecule has 1 aromatic rings. The number of hydrogen-bond donors (Lipinski definition) is 1. The van der Waals surface area contributed by atoms with Crippen LogP contribution in [0.2, 0.25) is 5.02 Å². The van der Waals surface area contributed by atoms with Crippen molar-refractivity contribution in [3.63, 3.8) is 0 Å². The van der Waals surface area contributed by atoms with Gasteiger partial charge in [-0.3, -0.25) is 0 Å². The summed E-state index contributed by atoms with van der Waals surface area (Å²) in [6.45, 7) is 4.70. The van der Waals surface area contributed by atoms with Crippen LogP contribution >= 0.6 is 24.0 Å². The fourth-order valence-electron chi connectivity index (χ4n) is 2.39. The summed E-state index contributed by atoms with van der Waals surface area (Å²) in [5, 5.41) is 12.2. The molecule has 0 aromatic heterocycles. The zero-order valence-corrected chi connectivity index (χ0v) is 14.1. The SMILES string of the molecule is CC1CN(S(=O)(=O)c2ccc(C#N)cc2Cl)CC(C)N1.Cl. The minimum atomic E-state index is -3.63. The van der Waals surface area contributed by atoms with Gasteiger partial charge in [-0.15, -0.1) is 12.4 Å². The van der Waals surface area contributed by atoms with E-state index < -0.39 is 10.0 Å². The quantitative estimate of drug-likeness (QED) is 0.886. The Morgan fingerprint density at radius 2 is 1.90 bits per heavy atom. The molecular formula is C13H17Cl2N3O2S. The number of halogens is 2. The monoisotopic (exact) mass is 349 g/mol. The van der Waals surface area contributed by atoms with E-state index in [0.717, 1.165) is 0 Å². The summed E-state index contributed by atoms with van der Waals surface area (Å²) in [5.74, 6) is 0. The highest BCUT2D eigenvalue weighted by atomic mass is 35.5. The first kappa shape index (κ1) is 18.2. The summed E-state index contributed by atoms with van der Waals surface area (Å²) in [5.41, 5.74) is 0.344. The highest BCUT2D eigenvalue weighted by molar-refractivity contribution is 7.89. The molecule has 116 valence electrons. The zero-order chi connectivity index (χ0) is 14.9. The van der Waals surface area contributed by atoms with Crippen LogP contribution in [-0.2, 0) is 10.0 Å². The molecule has 1 aromatic carbocycles. The Morgan fingerprint density at radius 1 is 1.33 bits per heavy atom. The third-order valence-electron chi connectivity index (χ3n) is 3.20. The van der Waals surface area contributed by atoms with Crippen molar-refractivity contribution in [2.45, 2.75) is 30.8 Å². The van der Waals surface area contributed by atoms with Crippen LogP contribution in [0.25, 0.3) is 0 Å². The zero-order valence-electron chi connectivity index (χ0n) is 11.7. The average molecular weight is 350 g/mol. The van der Waals surface area contributed by atoms with Gasteiger partial charge in [0.1, 0.15) is 4.90 Å².